The van der Waals surface area contributed by atoms with E-state index in [1.165, 1.54) is 0 Å². The van der Waals surface area contributed by atoms with Gasteiger partial charge in [-0.25, -0.2) is 0 Å². The number of carbonyl (C=O) groups excluding carboxylic acids is 1. The van der Waals surface area contributed by atoms with Gasteiger partial charge in [0.15, 0.2) is 0 Å². The summed E-state index contributed by atoms with van der Waals surface area (Å²) >= 11 is 0. The van der Waals surface area contributed by atoms with Gasteiger partial charge in [-0.3, -0.25) is 4.79 Å². The van der Waals surface area contributed by atoms with Crippen molar-refractivity contribution in [3.8, 4) is 5.75 Å². The number of anilines is 1. The molecular formula is C13H18N2O3. The van der Waals surface area contributed by atoms with E-state index in [2.05, 4.69) is 10.6 Å². The Bertz CT molecular complexity index is 456. The number of ether oxygens (including phenoxy) is 1. The first-order chi connectivity index (χ1) is 8.50. The van der Waals surface area contributed by atoms with Crippen LogP contribution >= 0.6 is 0 Å². The van der Waals surface area contributed by atoms with Gasteiger partial charge < -0.3 is 20.5 Å². The van der Waals surface area contributed by atoms with Crippen molar-refractivity contribution >= 4 is 11.6 Å². The quantitative estimate of drug-likeness (QED) is 0.698. The molecule has 5 nitrogen and oxygen atoms in total. The monoisotopic (exact) mass is 250 g/mol. The van der Waals surface area contributed by atoms with Gasteiger partial charge in [-0.05, 0) is 25.5 Å². The number of amides is 1. The number of nitrogens with one attached hydrogen (secondary N) is 2. The molecular weight excluding hydrogens is 232 g/mol. The second kappa shape index (κ2) is 4.96. The lowest BCUT2D eigenvalue weighted by Gasteiger charge is -2.38. The summed E-state index contributed by atoms with van der Waals surface area (Å²) in [5.41, 5.74) is 0.899. The zero-order chi connectivity index (χ0) is 13.2. The van der Waals surface area contributed by atoms with Crippen molar-refractivity contribution in [3.05, 3.63) is 23.8 Å². The lowest BCUT2D eigenvalue weighted by atomic mass is 10.0. The SMILES string of the molecule is Cc1cccc(NC(=O)COC2(C)CNC2)c1O. The van der Waals surface area contributed by atoms with Gasteiger partial charge in [0.05, 0.1) is 11.3 Å². The molecule has 0 spiro atoms. The maximum absolute atomic E-state index is 11.7. The minimum absolute atomic E-state index is 0.00837. The van der Waals surface area contributed by atoms with Crippen molar-refractivity contribution in [1.82, 2.24) is 5.32 Å². The lowest BCUT2D eigenvalue weighted by molar-refractivity contribution is -0.130. The first-order valence-electron chi connectivity index (χ1n) is 5.93. The molecule has 98 valence electrons. The van der Waals surface area contributed by atoms with Crippen LogP contribution in [0.3, 0.4) is 0 Å². The summed E-state index contributed by atoms with van der Waals surface area (Å²) in [6.45, 7) is 5.25. The Kier molecular flexibility index (Phi) is 3.54. The molecule has 1 aromatic rings. The van der Waals surface area contributed by atoms with E-state index in [9.17, 15) is 9.90 Å². The fraction of sp³-hybridized carbons (Fsp3) is 0.462. The number of para-hydroxylation sites is 1. The topological polar surface area (TPSA) is 70.6 Å². The zero-order valence-electron chi connectivity index (χ0n) is 10.6. The molecule has 0 aliphatic carbocycles. The maximum atomic E-state index is 11.7. The normalized spacial score (nSPS) is 17.0. The third kappa shape index (κ3) is 2.80. The Morgan fingerprint density at radius 3 is 2.89 bits per heavy atom. The van der Waals surface area contributed by atoms with E-state index in [1.807, 2.05) is 6.92 Å². The molecule has 1 aromatic carbocycles. The molecule has 0 unspecified atom stereocenters. The van der Waals surface area contributed by atoms with E-state index >= 15 is 0 Å². The van der Waals surface area contributed by atoms with Crippen molar-refractivity contribution in [2.75, 3.05) is 25.0 Å². The summed E-state index contributed by atoms with van der Waals surface area (Å²) < 4.78 is 5.51. The number of rotatable bonds is 4. The van der Waals surface area contributed by atoms with Crippen molar-refractivity contribution < 1.29 is 14.6 Å². The second-order valence-corrected chi connectivity index (χ2v) is 4.86. The molecule has 2 rings (SSSR count). The van der Waals surface area contributed by atoms with E-state index in [0.717, 1.165) is 18.7 Å². The van der Waals surface area contributed by atoms with Crippen molar-refractivity contribution in [2.24, 2.45) is 0 Å². The minimum Gasteiger partial charge on any atom is -0.505 e. The van der Waals surface area contributed by atoms with Crippen molar-refractivity contribution in [3.63, 3.8) is 0 Å². The predicted molar refractivity (Wildman–Crippen MR) is 68.7 cm³/mol. The molecule has 5 heteroatoms. The van der Waals surface area contributed by atoms with Gasteiger partial charge in [-0.2, -0.15) is 0 Å². The Morgan fingerprint density at radius 2 is 2.28 bits per heavy atom. The van der Waals surface area contributed by atoms with Crippen LogP contribution in [0.5, 0.6) is 5.75 Å². The Labute approximate surface area is 106 Å². The number of carbonyl (C=O) groups is 1. The number of aromatic hydroxyl groups is 1. The predicted octanol–water partition coefficient (Wildman–Crippen LogP) is 1.02. The highest BCUT2D eigenvalue weighted by molar-refractivity contribution is 5.93. The molecule has 1 heterocycles. The van der Waals surface area contributed by atoms with Crippen LogP contribution < -0.4 is 10.6 Å². The van der Waals surface area contributed by atoms with Gasteiger partial charge in [0.25, 0.3) is 5.91 Å². The smallest absolute Gasteiger partial charge is 0.250 e. The fourth-order valence-electron chi connectivity index (χ4n) is 1.77. The van der Waals surface area contributed by atoms with E-state index < -0.39 is 0 Å². The first kappa shape index (κ1) is 12.9. The number of phenolic OH excluding ortho intramolecular Hbond substituents is 1. The minimum atomic E-state index is -0.260. The Hall–Kier alpha value is -1.59. The number of aryl methyl sites for hydroxylation is 1. The molecule has 3 N–H and O–H groups in total. The van der Waals surface area contributed by atoms with Gasteiger partial charge in [-0.15, -0.1) is 0 Å². The number of hydrogen-bond acceptors (Lipinski definition) is 4. The van der Waals surface area contributed by atoms with Crippen LogP contribution in [0.2, 0.25) is 0 Å². The van der Waals surface area contributed by atoms with E-state index in [1.54, 1.807) is 25.1 Å². The van der Waals surface area contributed by atoms with Crippen LogP contribution in [0.25, 0.3) is 0 Å². The van der Waals surface area contributed by atoms with Crippen LogP contribution in [-0.2, 0) is 9.53 Å². The average Bonchev–Trinajstić information content (AvgIpc) is 2.30. The number of benzene rings is 1. The van der Waals surface area contributed by atoms with E-state index in [4.69, 9.17) is 4.74 Å². The second-order valence-electron chi connectivity index (χ2n) is 4.86. The summed E-state index contributed by atoms with van der Waals surface area (Å²) in [5, 5.41) is 15.5. The molecule has 1 fully saturated rings. The summed E-state index contributed by atoms with van der Waals surface area (Å²) in [4.78, 5) is 11.7. The third-order valence-electron chi connectivity index (χ3n) is 3.06. The zero-order valence-corrected chi connectivity index (χ0v) is 10.6. The van der Waals surface area contributed by atoms with Crippen molar-refractivity contribution in [1.29, 1.82) is 0 Å². The molecule has 1 amide bonds. The standard InChI is InChI=1S/C13H18N2O3/c1-9-4-3-5-10(12(9)17)15-11(16)6-18-13(2)7-14-8-13/h3-5,14,17H,6-8H2,1-2H3,(H,15,16). The van der Waals surface area contributed by atoms with Gasteiger partial charge in [-0.1, -0.05) is 12.1 Å². The fourth-order valence-corrected chi connectivity index (χ4v) is 1.77. The molecule has 0 saturated carbocycles. The largest absolute Gasteiger partial charge is 0.505 e. The lowest BCUT2D eigenvalue weighted by Crippen LogP contribution is -2.59. The van der Waals surface area contributed by atoms with E-state index in [-0.39, 0.29) is 23.9 Å². The summed E-state index contributed by atoms with van der Waals surface area (Å²) in [6, 6.07) is 5.22. The van der Waals surface area contributed by atoms with Crippen LogP contribution in [0, 0.1) is 6.92 Å². The molecule has 0 radical (unpaired) electrons. The van der Waals surface area contributed by atoms with Gasteiger partial charge in [0.2, 0.25) is 0 Å². The molecule has 18 heavy (non-hydrogen) atoms. The van der Waals surface area contributed by atoms with Crippen LogP contribution in [0.4, 0.5) is 5.69 Å². The third-order valence-corrected chi connectivity index (χ3v) is 3.06. The van der Waals surface area contributed by atoms with Crippen LogP contribution in [0.1, 0.15) is 12.5 Å². The molecule has 1 aliphatic rings. The summed E-state index contributed by atoms with van der Waals surface area (Å²) in [6.07, 6.45) is 0. The van der Waals surface area contributed by atoms with Crippen LogP contribution in [0.15, 0.2) is 18.2 Å². The number of hydrogen-bond donors (Lipinski definition) is 3. The van der Waals surface area contributed by atoms with Gasteiger partial charge in [0.1, 0.15) is 12.4 Å². The number of phenols is 1. The van der Waals surface area contributed by atoms with E-state index in [0.29, 0.717) is 5.69 Å². The first-order valence-corrected chi connectivity index (χ1v) is 5.93. The summed E-state index contributed by atoms with van der Waals surface area (Å²) in [7, 11) is 0. The molecule has 0 bridgehead atoms. The van der Waals surface area contributed by atoms with Gasteiger partial charge in [0, 0.05) is 13.1 Å². The van der Waals surface area contributed by atoms with Crippen molar-refractivity contribution in [2.45, 2.75) is 19.4 Å². The average molecular weight is 250 g/mol. The highest BCUT2D eigenvalue weighted by Crippen LogP contribution is 2.26. The summed E-state index contributed by atoms with van der Waals surface area (Å²) in [5.74, 6) is -0.161. The Morgan fingerprint density at radius 1 is 1.56 bits per heavy atom. The van der Waals surface area contributed by atoms with Crippen LogP contribution in [-0.4, -0.2) is 36.3 Å². The molecule has 0 atom stereocenters. The molecule has 1 aliphatic heterocycles. The maximum Gasteiger partial charge on any atom is 0.250 e. The molecule has 1 saturated heterocycles. The molecule has 0 aromatic heterocycles. The Balaban J connectivity index is 1.89. The highest BCUT2D eigenvalue weighted by Gasteiger charge is 2.33. The van der Waals surface area contributed by atoms with Gasteiger partial charge >= 0.3 is 0 Å². The highest BCUT2D eigenvalue weighted by atomic mass is 16.5.